The average molecular weight is 372 g/mol. The Morgan fingerprint density at radius 2 is 1.77 bits per heavy atom. The van der Waals surface area contributed by atoms with Crippen LogP contribution in [0, 0.1) is 0 Å². The lowest BCUT2D eigenvalue weighted by molar-refractivity contribution is 0.415. The molecule has 2 aromatic carbocycles. The first-order chi connectivity index (χ1) is 12.3. The molecule has 6 heteroatoms. The Kier molecular flexibility index (Phi) is 4.96. The van der Waals surface area contributed by atoms with E-state index in [0.717, 1.165) is 27.9 Å². The number of methoxy groups -OCH3 is 1. The first-order valence-corrected chi connectivity index (χ1v) is 10.3. The summed E-state index contributed by atoms with van der Waals surface area (Å²) in [6.45, 7) is 5.91. The number of nitrogens with zero attached hydrogens (tertiary/aromatic N) is 1. The molecule has 138 valence electrons. The Morgan fingerprint density at radius 3 is 2.35 bits per heavy atom. The lowest BCUT2D eigenvalue weighted by Gasteiger charge is -2.16. The Morgan fingerprint density at radius 1 is 1.08 bits per heavy atom. The fourth-order valence-corrected chi connectivity index (χ4v) is 3.71. The minimum absolute atomic E-state index is 0.0537. The molecule has 1 aromatic heterocycles. The lowest BCUT2D eigenvalue weighted by atomic mass is 10.1. The van der Waals surface area contributed by atoms with E-state index < -0.39 is 10.0 Å². The molecule has 0 radical (unpaired) electrons. The summed E-state index contributed by atoms with van der Waals surface area (Å²) in [5.74, 6) is 0.881. The van der Waals surface area contributed by atoms with Crippen molar-refractivity contribution in [2.75, 3.05) is 17.6 Å². The van der Waals surface area contributed by atoms with E-state index in [1.165, 1.54) is 0 Å². The van der Waals surface area contributed by atoms with Gasteiger partial charge in [-0.3, -0.25) is 4.72 Å². The van der Waals surface area contributed by atoms with E-state index in [4.69, 9.17) is 4.74 Å². The molecule has 0 aliphatic carbocycles. The third-order valence-electron chi connectivity index (χ3n) is 4.40. The Labute approximate surface area is 154 Å². The van der Waals surface area contributed by atoms with E-state index >= 15 is 0 Å². The molecule has 26 heavy (non-hydrogen) atoms. The SMILES string of the molecule is CCS(=O)(=O)Nc1ccc(-c2cc3ccc(OC)cc3n2C(C)C)cc1. The van der Waals surface area contributed by atoms with Crippen molar-refractivity contribution in [3.63, 3.8) is 0 Å². The van der Waals surface area contributed by atoms with Gasteiger partial charge in [0, 0.05) is 28.9 Å². The summed E-state index contributed by atoms with van der Waals surface area (Å²) in [6, 6.07) is 16.0. The highest BCUT2D eigenvalue weighted by Crippen LogP contribution is 2.33. The number of sulfonamides is 1. The van der Waals surface area contributed by atoms with Crippen LogP contribution in [0.2, 0.25) is 0 Å². The van der Waals surface area contributed by atoms with Gasteiger partial charge in [0.2, 0.25) is 10.0 Å². The van der Waals surface area contributed by atoms with Crippen molar-refractivity contribution in [2.24, 2.45) is 0 Å². The van der Waals surface area contributed by atoms with Crippen molar-refractivity contribution in [1.82, 2.24) is 4.57 Å². The second-order valence-electron chi connectivity index (χ2n) is 6.50. The highest BCUT2D eigenvalue weighted by Gasteiger charge is 2.14. The van der Waals surface area contributed by atoms with Crippen LogP contribution in [0.25, 0.3) is 22.2 Å². The molecule has 0 saturated heterocycles. The fraction of sp³-hybridized carbons (Fsp3) is 0.300. The van der Waals surface area contributed by atoms with Gasteiger partial charge in [0.1, 0.15) is 5.75 Å². The summed E-state index contributed by atoms with van der Waals surface area (Å²) in [6.07, 6.45) is 0. The van der Waals surface area contributed by atoms with Crippen molar-refractivity contribution in [1.29, 1.82) is 0 Å². The van der Waals surface area contributed by atoms with Gasteiger partial charge in [0.15, 0.2) is 0 Å². The molecule has 0 amide bonds. The molecule has 3 aromatic rings. The van der Waals surface area contributed by atoms with Crippen molar-refractivity contribution in [2.45, 2.75) is 26.8 Å². The van der Waals surface area contributed by atoms with Crippen molar-refractivity contribution in [3.8, 4) is 17.0 Å². The summed E-state index contributed by atoms with van der Waals surface area (Å²) in [5.41, 5.74) is 3.82. The van der Waals surface area contributed by atoms with E-state index in [2.05, 4.69) is 35.3 Å². The van der Waals surface area contributed by atoms with Crippen LogP contribution in [0.5, 0.6) is 5.75 Å². The fourth-order valence-electron chi connectivity index (χ4n) is 3.07. The standard InChI is InChI=1S/C20H24N2O3S/c1-5-26(23,24)21-17-9-6-15(7-10-17)19-12-16-8-11-18(25-4)13-20(16)22(19)14(2)3/h6-14,21H,5H2,1-4H3. The Hall–Kier alpha value is -2.47. The molecule has 0 aliphatic rings. The zero-order valence-electron chi connectivity index (χ0n) is 15.5. The summed E-state index contributed by atoms with van der Waals surface area (Å²) >= 11 is 0. The maximum Gasteiger partial charge on any atom is 0.232 e. The second-order valence-corrected chi connectivity index (χ2v) is 8.51. The molecular formula is C20H24N2O3S. The molecule has 0 saturated carbocycles. The molecule has 0 bridgehead atoms. The van der Waals surface area contributed by atoms with Crippen molar-refractivity contribution >= 4 is 26.6 Å². The number of rotatable bonds is 6. The van der Waals surface area contributed by atoms with Crippen LogP contribution >= 0.6 is 0 Å². The number of fused-ring (bicyclic) bond motifs is 1. The lowest BCUT2D eigenvalue weighted by Crippen LogP contribution is -2.14. The predicted molar refractivity (Wildman–Crippen MR) is 107 cm³/mol. The summed E-state index contributed by atoms with van der Waals surface area (Å²) < 4.78 is 33.6. The number of ether oxygens (including phenoxy) is 1. The monoisotopic (exact) mass is 372 g/mol. The first kappa shape index (κ1) is 18.3. The Bertz CT molecular complexity index is 1020. The van der Waals surface area contributed by atoms with Gasteiger partial charge in [-0.25, -0.2) is 8.42 Å². The Balaban J connectivity index is 2.06. The third-order valence-corrected chi connectivity index (χ3v) is 5.71. The van der Waals surface area contributed by atoms with E-state index in [-0.39, 0.29) is 11.8 Å². The van der Waals surface area contributed by atoms with Gasteiger partial charge >= 0.3 is 0 Å². The van der Waals surface area contributed by atoms with Gasteiger partial charge in [0.25, 0.3) is 0 Å². The number of hydrogen-bond donors (Lipinski definition) is 1. The molecule has 0 aliphatic heterocycles. The molecule has 0 fully saturated rings. The normalized spacial score (nSPS) is 11.9. The minimum atomic E-state index is -3.27. The van der Waals surface area contributed by atoms with Gasteiger partial charge in [-0.15, -0.1) is 0 Å². The van der Waals surface area contributed by atoms with Gasteiger partial charge < -0.3 is 9.30 Å². The largest absolute Gasteiger partial charge is 0.497 e. The van der Waals surface area contributed by atoms with Crippen LogP contribution in [-0.4, -0.2) is 25.8 Å². The van der Waals surface area contributed by atoms with Gasteiger partial charge in [-0.1, -0.05) is 12.1 Å². The zero-order valence-corrected chi connectivity index (χ0v) is 16.3. The number of hydrogen-bond acceptors (Lipinski definition) is 3. The van der Waals surface area contributed by atoms with Crippen LogP contribution in [0.1, 0.15) is 26.8 Å². The first-order valence-electron chi connectivity index (χ1n) is 8.64. The van der Waals surface area contributed by atoms with Gasteiger partial charge in [0.05, 0.1) is 18.4 Å². The number of aromatic nitrogens is 1. The van der Waals surface area contributed by atoms with Crippen LogP contribution < -0.4 is 9.46 Å². The smallest absolute Gasteiger partial charge is 0.232 e. The molecule has 5 nitrogen and oxygen atoms in total. The van der Waals surface area contributed by atoms with Crippen LogP contribution in [0.4, 0.5) is 5.69 Å². The molecule has 0 atom stereocenters. The van der Waals surface area contributed by atoms with E-state index in [1.54, 1.807) is 26.2 Å². The summed E-state index contributed by atoms with van der Waals surface area (Å²) in [7, 11) is -1.60. The minimum Gasteiger partial charge on any atom is -0.497 e. The van der Waals surface area contributed by atoms with Crippen molar-refractivity contribution < 1.29 is 13.2 Å². The summed E-state index contributed by atoms with van der Waals surface area (Å²) in [4.78, 5) is 0. The maximum absolute atomic E-state index is 11.7. The van der Waals surface area contributed by atoms with E-state index in [1.807, 2.05) is 24.3 Å². The van der Waals surface area contributed by atoms with Crippen molar-refractivity contribution in [3.05, 3.63) is 48.5 Å². The highest BCUT2D eigenvalue weighted by molar-refractivity contribution is 7.92. The molecule has 1 N–H and O–H groups in total. The molecule has 0 spiro atoms. The third kappa shape index (κ3) is 3.55. The number of benzene rings is 2. The number of nitrogens with one attached hydrogen (secondary N) is 1. The van der Waals surface area contributed by atoms with Gasteiger partial charge in [-0.2, -0.15) is 0 Å². The molecule has 3 rings (SSSR count). The van der Waals surface area contributed by atoms with E-state index in [0.29, 0.717) is 5.69 Å². The van der Waals surface area contributed by atoms with E-state index in [9.17, 15) is 8.42 Å². The topological polar surface area (TPSA) is 60.3 Å². The highest BCUT2D eigenvalue weighted by atomic mass is 32.2. The molecule has 1 heterocycles. The van der Waals surface area contributed by atoms with Crippen LogP contribution in [-0.2, 0) is 10.0 Å². The van der Waals surface area contributed by atoms with Gasteiger partial charge in [-0.05, 0) is 56.7 Å². The number of anilines is 1. The maximum atomic E-state index is 11.7. The summed E-state index contributed by atoms with van der Waals surface area (Å²) in [5, 5.41) is 1.14. The van der Waals surface area contributed by atoms with Crippen LogP contribution in [0.15, 0.2) is 48.5 Å². The average Bonchev–Trinajstić information content (AvgIpc) is 3.00. The predicted octanol–water partition coefficient (Wildman–Crippen LogP) is 4.66. The second kappa shape index (κ2) is 7.03. The van der Waals surface area contributed by atoms with Crippen LogP contribution in [0.3, 0.4) is 0 Å². The molecule has 0 unspecified atom stereocenters. The zero-order chi connectivity index (χ0) is 18.9. The quantitative estimate of drug-likeness (QED) is 0.684. The molecular weight excluding hydrogens is 348 g/mol.